The van der Waals surface area contributed by atoms with Gasteiger partial charge in [0.25, 0.3) is 0 Å². The second-order valence-electron chi connectivity index (χ2n) is 2.38. The van der Waals surface area contributed by atoms with E-state index in [2.05, 4.69) is 19.2 Å². The summed E-state index contributed by atoms with van der Waals surface area (Å²) in [5, 5.41) is 4.35. The van der Waals surface area contributed by atoms with Gasteiger partial charge in [0.1, 0.15) is 0 Å². The second kappa shape index (κ2) is 7.96. The predicted molar refractivity (Wildman–Crippen MR) is 42.9 cm³/mol. The molecule has 0 bridgehead atoms. The van der Waals surface area contributed by atoms with Crippen LogP contribution in [-0.4, -0.2) is 13.1 Å². The van der Waals surface area contributed by atoms with Crippen LogP contribution in [0.15, 0.2) is 0 Å². The fourth-order valence-corrected chi connectivity index (χ4v) is 0.652. The Labute approximate surface area is 58.8 Å². The first-order valence-electron chi connectivity index (χ1n) is 4.05. The van der Waals surface area contributed by atoms with Gasteiger partial charge in [-0.3, -0.25) is 0 Å². The number of unbranched alkanes of at least 4 members (excludes halogenated alkanes) is 2. The third kappa shape index (κ3) is 7.96. The van der Waals surface area contributed by atoms with E-state index in [4.69, 9.17) is 0 Å². The standard InChI is InChI=1S/C8H18N/c1-3-5-7-9-8-6-4-2/h3-8H2,1-2H3/q-1. The zero-order valence-electron chi connectivity index (χ0n) is 6.69. The van der Waals surface area contributed by atoms with Crippen molar-refractivity contribution in [3.8, 4) is 0 Å². The lowest BCUT2D eigenvalue weighted by Crippen LogP contribution is -1.87. The van der Waals surface area contributed by atoms with E-state index in [1.807, 2.05) is 0 Å². The van der Waals surface area contributed by atoms with Gasteiger partial charge < -0.3 is 5.32 Å². The number of hydrogen-bond acceptors (Lipinski definition) is 0. The monoisotopic (exact) mass is 128 g/mol. The van der Waals surface area contributed by atoms with Crippen molar-refractivity contribution >= 4 is 0 Å². The molecular formula is C8H18N-. The summed E-state index contributed by atoms with van der Waals surface area (Å²) < 4.78 is 0. The Hall–Kier alpha value is -0.0400. The Bertz CT molecular complexity index is 37.8. The van der Waals surface area contributed by atoms with Gasteiger partial charge >= 0.3 is 0 Å². The second-order valence-corrected chi connectivity index (χ2v) is 2.38. The lowest BCUT2D eigenvalue weighted by Gasteiger charge is -2.16. The van der Waals surface area contributed by atoms with Crippen molar-refractivity contribution in [1.29, 1.82) is 0 Å². The molecule has 0 saturated carbocycles. The zero-order valence-corrected chi connectivity index (χ0v) is 6.69. The normalized spacial score (nSPS) is 10.0. The summed E-state index contributed by atoms with van der Waals surface area (Å²) in [4.78, 5) is 0. The summed E-state index contributed by atoms with van der Waals surface area (Å²) in [6.07, 6.45) is 5.08. The molecule has 0 N–H and O–H groups in total. The number of hydrogen-bond donors (Lipinski definition) is 0. The van der Waals surface area contributed by atoms with Crippen molar-refractivity contribution < 1.29 is 0 Å². The Kier molecular flexibility index (Phi) is 7.92. The smallest absolute Gasteiger partial charge is 0.0578 e. The van der Waals surface area contributed by atoms with Crippen LogP contribution in [0.5, 0.6) is 0 Å². The molecule has 0 unspecified atom stereocenters. The SMILES string of the molecule is CCCC[N-]CCCC. The highest BCUT2D eigenvalue weighted by molar-refractivity contribution is 4.77. The molecule has 1 nitrogen and oxygen atoms in total. The fraction of sp³-hybridized carbons (Fsp3) is 1.00. The van der Waals surface area contributed by atoms with E-state index in [0.29, 0.717) is 0 Å². The Morgan fingerprint density at radius 1 is 0.889 bits per heavy atom. The molecule has 0 atom stereocenters. The molecule has 0 aliphatic heterocycles. The maximum Gasteiger partial charge on any atom is -0.0578 e. The molecule has 0 aliphatic carbocycles. The molecule has 1 heteroatoms. The van der Waals surface area contributed by atoms with E-state index in [0.717, 1.165) is 13.1 Å². The minimum absolute atomic E-state index is 1.08. The summed E-state index contributed by atoms with van der Waals surface area (Å²) >= 11 is 0. The molecular weight excluding hydrogens is 110 g/mol. The van der Waals surface area contributed by atoms with E-state index < -0.39 is 0 Å². The van der Waals surface area contributed by atoms with Gasteiger partial charge in [0.2, 0.25) is 0 Å². The van der Waals surface area contributed by atoms with Gasteiger partial charge in [-0.1, -0.05) is 39.5 Å². The average molecular weight is 128 g/mol. The van der Waals surface area contributed by atoms with Crippen molar-refractivity contribution in [2.75, 3.05) is 13.1 Å². The van der Waals surface area contributed by atoms with Crippen molar-refractivity contribution in [3.63, 3.8) is 0 Å². The van der Waals surface area contributed by atoms with Crippen molar-refractivity contribution in [2.45, 2.75) is 39.5 Å². The lowest BCUT2D eigenvalue weighted by molar-refractivity contribution is 0.785. The van der Waals surface area contributed by atoms with Crippen LogP contribution in [0.1, 0.15) is 39.5 Å². The summed E-state index contributed by atoms with van der Waals surface area (Å²) in [5.41, 5.74) is 0. The lowest BCUT2D eigenvalue weighted by atomic mass is 10.3. The van der Waals surface area contributed by atoms with Gasteiger partial charge in [0.05, 0.1) is 0 Å². The van der Waals surface area contributed by atoms with Crippen LogP contribution in [-0.2, 0) is 0 Å². The van der Waals surface area contributed by atoms with Crippen molar-refractivity contribution in [3.05, 3.63) is 5.32 Å². The van der Waals surface area contributed by atoms with Crippen molar-refractivity contribution in [1.82, 2.24) is 0 Å². The van der Waals surface area contributed by atoms with Gasteiger partial charge in [-0.25, -0.2) is 0 Å². The van der Waals surface area contributed by atoms with Crippen LogP contribution >= 0.6 is 0 Å². The highest BCUT2D eigenvalue weighted by Crippen LogP contribution is 1.97. The molecule has 0 aromatic rings. The molecule has 0 fully saturated rings. The quantitative estimate of drug-likeness (QED) is 0.488. The molecule has 0 aromatic carbocycles. The van der Waals surface area contributed by atoms with Crippen LogP contribution in [0.4, 0.5) is 0 Å². The first-order valence-corrected chi connectivity index (χ1v) is 4.05. The minimum atomic E-state index is 1.08. The van der Waals surface area contributed by atoms with Crippen LogP contribution < -0.4 is 0 Å². The van der Waals surface area contributed by atoms with E-state index in [9.17, 15) is 0 Å². The minimum Gasteiger partial charge on any atom is -0.662 e. The van der Waals surface area contributed by atoms with Crippen LogP contribution in [0.25, 0.3) is 5.32 Å². The first-order chi connectivity index (χ1) is 4.41. The Morgan fingerprint density at radius 3 is 1.67 bits per heavy atom. The fourth-order valence-electron chi connectivity index (χ4n) is 0.652. The number of nitrogens with zero attached hydrogens (tertiary/aromatic N) is 1. The summed E-state index contributed by atoms with van der Waals surface area (Å²) in [6, 6.07) is 0. The van der Waals surface area contributed by atoms with Crippen LogP contribution in [0.3, 0.4) is 0 Å². The molecule has 9 heavy (non-hydrogen) atoms. The third-order valence-corrected chi connectivity index (χ3v) is 1.34. The average Bonchev–Trinajstić information content (AvgIpc) is 1.89. The van der Waals surface area contributed by atoms with E-state index in [-0.39, 0.29) is 0 Å². The summed E-state index contributed by atoms with van der Waals surface area (Å²) in [7, 11) is 0. The molecule has 0 aromatic heterocycles. The van der Waals surface area contributed by atoms with Gasteiger partial charge in [0, 0.05) is 0 Å². The molecule has 0 heterocycles. The molecule has 0 rings (SSSR count). The number of rotatable bonds is 6. The van der Waals surface area contributed by atoms with E-state index in [1.165, 1.54) is 25.7 Å². The molecule has 0 radical (unpaired) electrons. The van der Waals surface area contributed by atoms with Gasteiger partial charge in [-0.2, -0.15) is 0 Å². The highest BCUT2D eigenvalue weighted by Gasteiger charge is 1.73. The molecule has 0 aliphatic rings. The van der Waals surface area contributed by atoms with E-state index >= 15 is 0 Å². The highest BCUT2D eigenvalue weighted by atomic mass is 14.8. The van der Waals surface area contributed by atoms with Crippen molar-refractivity contribution in [2.24, 2.45) is 0 Å². The zero-order chi connectivity index (χ0) is 6.95. The first kappa shape index (κ1) is 8.96. The van der Waals surface area contributed by atoms with Gasteiger partial charge in [-0.05, 0) is 0 Å². The topological polar surface area (TPSA) is 14.1 Å². The van der Waals surface area contributed by atoms with Gasteiger partial charge in [-0.15, -0.1) is 13.1 Å². The van der Waals surface area contributed by atoms with Crippen LogP contribution in [0.2, 0.25) is 0 Å². The largest absolute Gasteiger partial charge is 0.662 e. The Morgan fingerprint density at radius 2 is 1.33 bits per heavy atom. The third-order valence-electron chi connectivity index (χ3n) is 1.34. The molecule has 0 amide bonds. The maximum atomic E-state index is 4.35. The van der Waals surface area contributed by atoms with Gasteiger partial charge in [0.15, 0.2) is 0 Å². The summed E-state index contributed by atoms with van der Waals surface area (Å²) in [5.74, 6) is 0. The molecule has 0 spiro atoms. The van der Waals surface area contributed by atoms with E-state index in [1.54, 1.807) is 0 Å². The summed E-state index contributed by atoms with van der Waals surface area (Å²) in [6.45, 7) is 6.57. The maximum absolute atomic E-state index is 4.35. The Balaban J connectivity index is 2.60. The van der Waals surface area contributed by atoms with Crippen LogP contribution in [0, 0.1) is 0 Å². The molecule has 0 saturated heterocycles. The molecule has 56 valence electrons. The predicted octanol–water partition coefficient (Wildman–Crippen LogP) is 2.96.